The molecule has 0 aliphatic rings. The maximum Gasteiger partial charge on any atom is 0.222 e. The highest BCUT2D eigenvalue weighted by atomic mass is 79.9. The second kappa shape index (κ2) is 8.11. The number of hydrogen-bond acceptors (Lipinski definition) is 3. The summed E-state index contributed by atoms with van der Waals surface area (Å²) >= 11 is 3.34. The Balaban J connectivity index is 1.69. The Labute approximate surface area is 203 Å². The maximum absolute atomic E-state index is 14.2. The zero-order valence-corrected chi connectivity index (χ0v) is 19.8. The maximum atomic E-state index is 14.2. The Morgan fingerprint density at radius 3 is 2.38 bits per heavy atom. The van der Waals surface area contributed by atoms with Gasteiger partial charge in [0.05, 0.1) is 37.9 Å². The van der Waals surface area contributed by atoms with Gasteiger partial charge in [0.1, 0.15) is 5.82 Å². The lowest BCUT2D eigenvalue weighted by molar-refractivity contribution is 0.621. The molecule has 6 rings (SSSR count). The molecule has 0 amide bonds. The van der Waals surface area contributed by atoms with Crippen molar-refractivity contribution in [3.63, 3.8) is 0 Å². The molecule has 0 radical (unpaired) electrons. The van der Waals surface area contributed by atoms with Gasteiger partial charge < -0.3 is 4.98 Å². The van der Waals surface area contributed by atoms with Crippen molar-refractivity contribution in [2.75, 3.05) is 4.90 Å². The zero-order chi connectivity index (χ0) is 23.2. The largest absolute Gasteiger partial charge is 0.323 e. The van der Waals surface area contributed by atoms with E-state index in [-0.39, 0.29) is 5.82 Å². The van der Waals surface area contributed by atoms with Crippen LogP contribution in [0.3, 0.4) is 0 Å². The highest BCUT2D eigenvalue weighted by Crippen LogP contribution is 2.38. The summed E-state index contributed by atoms with van der Waals surface area (Å²) in [6.45, 7) is 2.08. The van der Waals surface area contributed by atoms with Gasteiger partial charge in [-0.3, -0.25) is 4.57 Å². The number of aryl methyl sites for hydroxylation is 1. The van der Waals surface area contributed by atoms with Crippen molar-refractivity contribution in [3.8, 4) is 5.69 Å². The molecule has 0 saturated carbocycles. The van der Waals surface area contributed by atoms with E-state index in [0.717, 1.165) is 39.0 Å². The Morgan fingerprint density at radius 1 is 0.853 bits per heavy atom. The van der Waals surface area contributed by atoms with Crippen molar-refractivity contribution < 1.29 is 4.39 Å². The van der Waals surface area contributed by atoms with Crippen LogP contribution in [0.2, 0.25) is 0 Å². The van der Waals surface area contributed by atoms with Gasteiger partial charge in [-0.1, -0.05) is 42.5 Å². The van der Waals surface area contributed by atoms with E-state index in [2.05, 4.69) is 50.6 Å². The van der Waals surface area contributed by atoms with Crippen LogP contribution in [-0.2, 0) is 0 Å². The van der Waals surface area contributed by atoms with Crippen LogP contribution in [0.1, 0.15) is 5.56 Å². The third kappa shape index (κ3) is 3.36. The predicted octanol–water partition coefficient (Wildman–Crippen LogP) is 7.58. The van der Waals surface area contributed by atoms with Gasteiger partial charge in [-0.05, 0) is 76.9 Å². The average molecular weight is 512 g/mol. The molecule has 0 aliphatic heterocycles. The highest BCUT2D eigenvalue weighted by molar-refractivity contribution is 9.10. The van der Waals surface area contributed by atoms with Crippen LogP contribution in [0.5, 0.6) is 0 Å². The minimum absolute atomic E-state index is 0.333. The molecule has 2 heterocycles. The third-order valence-corrected chi connectivity index (χ3v) is 6.46. The second-order valence-corrected chi connectivity index (χ2v) is 8.89. The van der Waals surface area contributed by atoms with E-state index in [0.29, 0.717) is 16.4 Å². The highest BCUT2D eigenvalue weighted by Gasteiger charge is 2.25. The number of benzene rings is 4. The molecule has 0 saturated heterocycles. The normalized spacial score (nSPS) is 11.4. The standard InChI is InChI=1S/C27H19BrFN5/c1-17-8-2-6-12-24(17)34-25-13-7-5-11-23(25)32-27(34)33(18-14-15-20(29)19(28)16-18)26-30-21-9-3-4-10-22(21)31-26/h2-16H,1H3,(H,30,31). The van der Waals surface area contributed by atoms with Crippen LogP contribution >= 0.6 is 15.9 Å². The lowest BCUT2D eigenvalue weighted by Crippen LogP contribution is -2.17. The van der Waals surface area contributed by atoms with Crippen LogP contribution in [0, 0.1) is 12.7 Å². The molecular formula is C27H19BrFN5. The Bertz CT molecular complexity index is 1640. The lowest BCUT2D eigenvalue weighted by Gasteiger charge is -2.23. The molecule has 166 valence electrons. The average Bonchev–Trinajstić information content (AvgIpc) is 3.43. The lowest BCUT2D eigenvalue weighted by atomic mass is 10.2. The number of para-hydroxylation sites is 5. The van der Waals surface area contributed by atoms with E-state index in [4.69, 9.17) is 9.97 Å². The smallest absolute Gasteiger partial charge is 0.222 e. The fourth-order valence-corrected chi connectivity index (χ4v) is 4.58. The number of rotatable bonds is 4. The molecule has 1 N–H and O–H groups in total. The Kier molecular flexibility index (Phi) is 4.92. The molecular weight excluding hydrogens is 493 g/mol. The summed E-state index contributed by atoms with van der Waals surface area (Å²) in [5, 5.41) is 0. The van der Waals surface area contributed by atoms with Crippen molar-refractivity contribution >= 4 is 55.6 Å². The molecule has 0 atom stereocenters. The number of H-pyrrole nitrogens is 1. The minimum Gasteiger partial charge on any atom is -0.323 e. The Hall–Kier alpha value is -3.97. The number of aromatic nitrogens is 4. The van der Waals surface area contributed by atoms with Crippen LogP contribution < -0.4 is 4.90 Å². The second-order valence-electron chi connectivity index (χ2n) is 8.03. The molecule has 2 aromatic heterocycles. The monoisotopic (exact) mass is 511 g/mol. The molecule has 0 aliphatic carbocycles. The van der Waals surface area contributed by atoms with Gasteiger partial charge in [-0.2, -0.15) is 0 Å². The summed E-state index contributed by atoms with van der Waals surface area (Å²) in [5.41, 5.74) is 6.39. The number of nitrogens with zero attached hydrogens (tertiary/aromatic N) is 4. The number of hydrogen-bond donors (Lipinski definition) is 1. The number of anilines is 3. The summed E-state index contributed by atoms with van der Waals surface area (Å²) < 4.78 is 16.7. The molecule has 6 aromatic rings. The van der Waals surface area contributed by atoms with E-state index in [1.807, 2.05) is 59.5 Å². The van der Waals surface area contributed by atoms with Crippen LogP contribution in [-0.4, -0.2) is 19.5 Å². The topological polar surface area (TPSA) is 49.7 Å². The Morgan fingerprint density at radius 2 is 1.59 bits per heavy atom. The first kappa shape index (κ1) is 20.6. The number of fused-ring (bicyclic) bond motifs is 2. The van der Waals surface area contributed by atoms with Crippen LogP contribution in [0.4, 0.5) is 22.0 Å². The fraction of sp³-hybridized carbons (Fsp3) is 0.0370. The molecule has 34 heavy (non-hydrogen) atoms. The molecule has 0 unspecified atom stereocenters. The first-order chi connectivity index (χ1) is 16.6. The van der Waals surface area contributed by atoms with Crippen LogP contribution in [0.25, 0.3) is 27.8 Å². The van der Waals surface area contributed by atoms with Gasteiger partial charge in [0.15, 0.2) is 0 Å². The number of halogens is 2. The summed E-state index contributed by atoms with van der Waals surface area (Å²) in [5.74, 6) is 0.902. The van der Waals surface area contributed by atoms with Gasteiger partial charge in [-0.15, -0.1) is 0 Å². The molecule has 0 fully saturated rings. The molecule has 7 heteroatoms. The van der Waals surface area contributed by atoms with Crippen LogP contribution in [0.15, 0.2) is 95.5 Å². The van der Waals surface area contributed by atoms with Gasteiger partial charge >= 0.3 is 0 Å². The van der Waals surface area contributed by atoms with Crippen molar-refractivity contribution in [3.05, 3.63) is 107 Å². The van der Waals surface area contributed by atoms with Crippen molar-refractivity contribution in [2.24, 2.45) is 0 Å². The summed E-state index contributed by atoms with van der Waals surface area (Å²) in [4.78, 5) is 15.2. The molecule has 5 nitrogen and oxygen atoms in total. The third-order valence-electron chi connectivity index (χ3n) is 5.85. The molecule has 4 aromatic carbocycles. The van der Waals surface area contributed by atoms with Gasteiger partial charge in [0, 0.05) is 0 Å². The van der Waals surface area contributed by atoms with E-state index in [9.17, 15) is 4.39 Å². The first-order valence-electron chi connectivity index (χ1n) is 10.8. The van der Waals surface area contributed by atoms with E-state index < -0.39 is 0 Å². The number of nitrogens with one attached hydrogen (secondary N) is 1. The minimum atomic E-state index is -0.333. The van der Waals surface area contributed by atoms with Gasteiger partial charge in [-0.25, -0.2) is 19.3 Å². The van der Waals surface area contributed by atoms with Crippen molar-refractivity contribution in [2.45, 2.75) is 6.92 Å². The van der Waals surface area contributed by atoms with Gasteiger partial charge in [0.25, 0.3) is 0 Å². The SMILES string of the molecule is Cc1ccccc1-n1c(N(c2ccc(F)c(Br)c2)c2nc3ccccc3[nH]2)nc2ccccc21. The molecule has 0 bridgehead atoms. The fourth-order valence-electron chi connectivity index (χ4n) is 4.22. The molecule has 0 spiro atoms. The number of aromatic amines is 1. The van der Waals surface area contributed by atoms with E-state index >= 15 is 0 Å². The summed E-state index contributed by atoms with van der Waals surface area (Å²) in [7, 11) is 0. The zero-order valence-electron chi connectivity index (χ0n) is 18.2. The van der Waals surface area contributed by atoms with Crippen molar-refractivity contribution in [1.82, 2.24) is 19.5 Å². The van der Waals surface area contributed by atoms with E-state index in [1.165, 1.54) is 6.07 Å². The van der Waals surface area contributed by atoms with Gasteiger partial charge in [0.2, 0.25) is 11.9 Å². The number of imidazole rings is 2. The van der Waals surface area contributed by atoms with Crippen molar-refractivity contribution in [1.29, 1.82) is 0 Å². The quantitative estimate of drug-likeness (QED) is 0.265. The van der Waals surface area contributed by atoms with E-state index in [1.54, 1.807) is 12.1 Å². The first-order valence-corrected chi connectivity index (χ1v) is 11.6. The summed E-state index contributed by atoms with van der Waals surface area (Å²) in [6, 6.07) is 29.0. The summed E-state index contributed by atoms with van der Waals surface area (Å²) in [6.07, 6.45) is 0. The predicted molar refractivity (Wildman–Crippen MR) is 138 cm³/mol.